The minimum Gasteiger partial charge on any atom is -0.481 e. The van der Waals surface area contributed by atoms with Gasteiger partial charge in [0.2, 0.25) is 10.0 Å². The Morgan fingerprint density at radius 3 is 2.31 bits per heavy atom. The first-order chi connectivity index (χ1) is 7.28. The molecule has 0 aromatic rings. The topological polar surface area (TPSA) is 83.5 Å². The molecular formula is C10H21NO4S. The molecule has 0 aliphatic carbocycles. The predicted octanol–water partition coefficient (Wildman–Crippen LogP) is 1.06. The molecule has 0 rings (SSSR count). The van der Waals surface area contributed by atoms with Gasteiger partial charge >= 0.3 is 5.97 Å². The van der Waals surface area contributed by atoms with Gasteiger partial charge in [-0.2, -0.15) is 0 Å². The van der Waals surface area contributed by atoms with Crippen LogP contribution in [0.5, 0.6) is 0 Å². The first-order valence-corrected chi connectivity index (χ1v) is 7.13. The molecule has 0 fully saturated rings. The molecule has 0 aliphatic rings. The summed E-state index contributed by atoms with van der Waals surface area (Å²) in [5.41, 5.74) is 0. The van der Waals surface area contributed by atoms with Crippen LogP contribution in [0.15, 0.2) is 0 Å². The highest BCUT2D eigenvalue weighted by atomic mass is 32.2. The lowest BCUT2D eigenvalue weighted by Crippen LogP contribution is -2.34. The molecule has 0 saturated carbocycles. The Labute approximate surface area is 97.3 Å². The van der Waals surface area contributed by atoms with E-state index < -0.39 is 21.9 Å². The zero-order valence-corrected chi connectivity index (χ0v) is 10.9. The van der Waals surface area contributed by atoms with Crippen molar-refractivity contribution in [1.82, 2.24) is 4.72 Å². The summed E-state index contributed by atoms with van der Waals surface area (Å²) in [7, 11) is -3.33. The third kappa shape index (κ3) is 6.79. The molecule has 0 aromatic heterocycles. The smallest absolute Gasteiger partial charge is 0.307 e. The number of rotatable bonds is 8. The van der Waals surface area contributed by atoms with Crippen LogP contribution in [0.1, 0.15) is 33.6 Å². The lowest BCUT2D eigenvalue weighted by atomic mass is 10.1. The standard InChI is InChI=1S/C10H21NO4S/c1-4-9(10(12)13)7-11-16(14,15)6-5-8(2)3/h8-9,11H,4-7H2,1-3H3,(H,12,13). The van der Waals surface area contributed by atoms with Gasteiger partial charge in [0.1, 0.15) is 0 Å². The highest BCUT2D eigenvalue weighted by Gasteiger charge is 2.18. The Hall–Kier alpha value is -0.620. The number of sulfonamides is 1. The molecule has 0 amide bonds. The van der Waals surface area contributed by atoms with Crippen molar-refractivity contribution in [1.29, 1.82) is 0 Å². The van der Waals surface area contributed by atoms with Crippen LogP contribution in [-0.4, -0.2) is 31.8 Å². The fourth-order valence-corrected chi connectivity index (χ4v) is 2.48. The fourth-order valence-electron chi connectivity index (χ4n) is 1.10. The summed E-state index contributed by atoms with van der Waals surface area (Å²) in [6.45, 7) is 5.59. The van der Waals surface area contributed by atoms with Gasteiger partial charge in [-0.05, 0) is 18.8 Å². The van der Waals surface area contributed by atoms with E-state index in [0.29, 0.717) is 18.8 Å². The Balaban J connectivity index is 4.12. The first-order valence-electron chi connectivity index (χ1n) is 5.48. The zero-order chi connectivity index (χ0) is 12.8. The van der Waals surface area contributed by atoms with E-state index in [1.165, 1.54) is 0 Å². The van der Waals surface area contributed by atoms with Gasteiger partial charge in [0.05, 0.1) is 11.7 Å². The predicted molar refractivity (Wildman–Crippen MR) is 62.7 cm³/mol. The van der Waals surface area contributed by atoms with E-state index in [0.717, 1.165) is 0 Å². The average molecular weight is 251 g/mol. The van der Waals surface area contributed by atoms with Crippen molar-refractivity contribution in [2.24, 2.45) is 11.8 Å². The van der Waals surface area contributed by atoms with Gasteiger partial charge in [0, 0.05) is 6.54 Å². The Kier molecular flexibility index (Phi) is 6.59. The van der Waals surface area contributed by atoms with Crippen molar-refractivity contribution in [3.05, 3.63) is 0 Å². The molecule has 0 bridgehead atoms. The Morgan fingerprint density at radius 2 is 1.94 bits per heavy atom. The van der Waals surface area contributed by atoms with E-state index in [4.69, 9.17) is 5.11 Å². The van der Waals surface area contributed by atoms with Crippen LogP contribution in [0, 0.1) is 11.8 Å². The second-order valence-corrected chi connectivity index (χ2v) is 6.22. The SMILES string of the molecule is CCC(CNS(=O)(=O)CCC(C)C)C(=O)O. The van der Waals surface area contributed by atoms with Crippen molar-refractivity contribution in [3.63, 3.8) is 0 Å². The molecular weight excluding hydrogens is 230 g/mol. The summed E-state index contributed by atoms with van der Waals surface area (Å²) < 4.78 is 25.3. The minimum absolute atomic E-state index is 0.0216. The van der Waals surface area contributed by atoms with Crippen LogP contribution >= 0.6 is 0 Å². The number of carbonyl (C=O) groups is 1. The summed E-state index contributed by atoms with van der Waals surface area (Å²) in [4.78, 5) is 10.7. The second-order valence-electron chi connectivity index (χ2n) is 4.29. The van der Waals surface area contributed by atoms with Crippen molar-refractivity contribution < 1.29 is 18.3 Å². The van der Waals surface area contributed by atoms with E-state index in [1.54, 1.807) is 6.92 Å². The van der Waals surface area contributed by atoms with Gasteiger partial charge in [-0.25, -0.2) is 13.1 Å². The monoisotopic (exact) mass is 251 g/mol. The molecule has 1 unspecified atom stereocenters. The summed E-state index contributed by atoms with van der Waals surface area (Å²) in [5.74, 6) is -1.23. The maximum absolute atomic E-state index is 11.5. The van der Waals surface area contributed by atoms with Gasteiger partial charge in [0.15, 0.2) is 0 Å². The number of aliphatic carboxylic acids is 1. The van der Waals surface area contributed by atoms with Crippen LogP contribution in [0.4, 0.5) is 0 Å². The molecule has 96 valence electrons. The molecule has 0 aliphatic heterocycles. The molecule has 1 atom stereocenters. The Morgan fingerprint density at radius 1 is 1.38 bits per heavy atom. The van der Waals surface area contributed by atoms with E-state index in [2.05, 4.69) is 4.72 Å². The molecule has 16 heavy (non-hydrogen) atoms. The number of nitrogens with one attached hydrogen (secondary N) is 1. The van der Waals surface area contributed by atoms with Crippen LogP contribution in [0.25, 0.3) is 0 Å². The molecule has 0 spiro atoms. The highest BCUT2D eigenvalue weighted by Crippen LogP contribution is 2.04. The summed E-state index contributed by atoms with van der Waals surface area (Å²) >= 11 is 0. The molecule has 0 heterocycles. The Bertz CT molecular complexity index is 311. The molecule has 2 N–H and O–H groups in total. The fraction of sp³-hybridized carbons (Fsp3) is 0.900. The van der Waals surface area contributed by atoms with Crippen LogP contribution in [0.2, 0.25) is 0 Å². The maximum atomic E-state index is 11.5. The normalized spacial score (nSPS) is 14.0. The summed E-state index contributed by atoms with van der Waals surface area (Å²) in [5, 5.41) is 8.75. The van der Waals surface area contributed by atoms with Crippen LogP contribution in [-0.2, 0) is 14.8 Å². The molecule has 0 radical (unpaired) electrons. The number of hydrogen-bond donors (Lipinski definition) is 2. The molecule has 0 saturated heterocycles. The third-order valence-electron chi connectivity index (χ3n) is 2.36. The summed E-state index contributed by atoms with van der Waals surface area (Å²) in [6.07, 6.45) is 1.00. The summed E-state index contributed by atoms with van der Waals surface area (Å²) in [6, 6.07) is 0. The van der Waals surface area contributed by atoms with Gasteiger partial charge in [-0.3, -0.25) is 4.79 Å². The zero-order valence-electron chi connectivity index (χ0n) is 10.1. The maximum Gasteiger partial charge on any atom is 0.307 e. The average Bonchev–Trinajstić information content (AvgIpc) is 2.15. The van der Waals surface area contributed by atoms with Gasteiger partial charge in [-0.1, -0.05) is 20.8 Å². The van der Waals surface area contributed by atoms with Gasteiger partial charge < -0.3 is 5.11 Å². The second kappa shape index (κ2) is 6.85. The van der Waals surface area contributed by atoms with Gasteiger partial charge in [-0.15, -0.1) is 0 Å². The van der Waals surface area contributed by atoms with E-state index in [1.807, 2.05) is 13.8 Å². The quantitative estimate of drug-likeness (QED) is 0.675. The van der Waals surface area contributed by atoms with E-state index >= 15 is 0 Å². The number of hydrogen-bond acceptors (Lipinski definition) is 3. The van der Waals surface area contributed by atoms with Crippen molar-refractivity contribution in [3.8, 4) is 0 Å². The van der Waals surface area contributed by atoms with E-state index in [-0.39, 0.29) is 12.3 Å². The molecule has 6 heteroatoms. The largest absolute Gasteiger partial charge is 0.481 e. The van der Waals surface area contributed by atoms with Crippen molar-refractivity contribution in [2.75, 3.05) is 12.3 Å². The van der Waals surface area contributed by atoms with Crippen molar-refractivity contribution in [2.45, 2.75) is 33.6 Å². The number of carboxylic acids is 1. The van der Waals surface area contributed by atoms with Gasteiger partial charge in [0.25, 0.3) is 0 Å². The van der Waals surface area contributed by atoms with E-state index in [9.17, 15) is 13.2 Å². The third-order valence-corrected chi connectivity index (χ3v) is 3.74. The highest BCUT2D eigenvalue weighted by molar-refractivity contribution is 7.89. The lowest BCUT2D eigenvalue weighted by molar-refractivity contribution is -0.141. The number of carboxylic acid groups (broad SMARTS) is 1. The van der Waals surface area contributed by atoms with Crippen molar-refractivity contribution >= 4 is 16.0 Å². The van der Waals surface area contributed by atoms with Crippen LogP contribution < -0.4 is 4.72 Å². The van der Waals surface area contributed by atoms with Crippen LogP contribution in [0.3, 0.4) is 0 Å². The minimum atomic E-state index is -3.33. The first kappa shape index (κ1) is 15.4. The lowest BCUT2D eigenvalue weighted by Gasteiger charge is -2.12. The molecule has 0 aromatic carbocycles. The molecule has 5 nitrogen and oxygen atoms in total.